The number of hydrogen-bond acceptors (Lipinski definition) is 3. The summed E-state index contributed by atoms with van der Waals surface area (Å²) in [7, 11) is 0. The third-order valence-electron chi connectivity index (χ3n) is 3.04. The highest BCUT2D eigenvalue weighted by atomic mass is 19.2. The average molecular weight is 349 g/mol. The zero-order valence-electron chi connectivity index (χ0n) is 13.6. The summed E-state index contributed by atoms with van der Waals surface area (Å²) in [6, 6.07) is 0.00463. The molecule has 1 N–H and O–H groups in total. The van der Waals surface area contributed by atoms with E-state index in [1.54, 1.807) is 0 Å². The molecule has 134 valence electrons. The van der Waals surface area contributed by atoms with Gasteiger partial charge in [0.1, 0.15) is 0 Å². The van der Waals surface area contributed by atoms with Crippen LogP contribution in [-0.2, 0) is 9.59 Å². The van der Waals surface area contributed by atoms with E-state index in [1.165, 1.54) is 0 Å². The fourth-order valence-corrected chi connectivity index (χ4v) is 1.69. The summed E-state index contributed by atoms with van der Waals surface area (Å²) >= 11 is 0. The number of carbonyl (C=O) groups is 2. The van der Waals surface area contributed by atoms with Crippen LogP contribution in [0.4, 0.5) is 17.6 Å². The molecule has 0 unspecified atom stereocenters. The lowest BCUT2D eigenvalue weighted by Gasteiger charge is -2.17. The highest BCUT2D eigenvalue weighted by Gasteiger charge is 2.23. The molecule has 0 saturated carbocycles. The third kappa shape index (κ3) is 6.17. The Morgan fingerprint density at radius 3 is 2.08 bits per heavy atom. The number of hydrogen-bond donors (Lipinski definition) is 1. The van der Waals surface area contributed by atoms with Crippen molar-refractivity contribution in [1.82, 2.24) is 5.32 Å². The van der Waals surface area contributed by atoms with Gasteiger partial charge in [0.05, 0.1) is 6.42 Å². The first kappa shape index (κ1) is 19.9. The van der Waals surface area contributed by atoms with Gasteiger partial charge in [0.25, 0.3) is 0 Å². The van der Waals surface area contributed by atoms with Crippen LogP contribution in [0.25, 0.3) is 0 Å². The van der Waals surface area contributed by atoms with Gasteiger partial charge in [-0.05, 0) is 11.8 Å². The molecule has 0 aliphatic heterocycles. The van der Waals surface area contributed by atoms with Crippen molar-refractivity contribution in [2.45, 2.75) is 40.0 Å². The van der Waals surface area contributed by atoms with E-state index in [2.05, 4.69) is 10.1 Å². The van der Waals surface area contributed by atoms with Crippen LogP contribution < -0.4 is 10.1 Å². The van der Waals surface area contributed by atoms with Crippen molar-refractivity contribution in [3.05, 3.63) is 29.3 Å². The molecule has 0 radical (unpaired) electrons. The molecule has 0 bridgehead atoms. The van der Waals surface area contributed by atoms with Crippen molar-refractivity contribution in [1.29, 1.82) is 0 Å². The number of halogens is 4. The predicted molar refractivity (Wildman–Crippen MR) is 78.2 cm³/mol. The number of benzene rings is 1. The first-order valence-electron chi connectivity index (χ1n) is 7.31. The van der Waals surface area contributed by atoms with E-state index in [-0.39, 0.29) is 17.9 Å². The van der Waals surface area contributed by atoms with E-state index in [9.17, 15) is 27.2 Å². The van der Waals surface area contributed by atoms with E-state index in [1.807, 2.05) is 20.8 Å². The molecule has 0 saturated heterocycles. The van der Waals surface area contributed by atoms with E-state index >= 15 is 0 Å². The molecule has 0 aliphatic carbocycles. The number of rotatable bonds is 6. The second-order valence-corrected chi connectivity index (χ2v) is 6.43. The normalized spacial score (nSPS) is 11.3. The van der Waals surface area contributed by atoms with E-state index in [0.29, 0.717) is 6.54 Å². The number of ether oxygens (including phenoxy) is 1. The van der Waals surface area contributed by atoms with Crippen LogP contribution in [0.5, 0.6) is 5.75 Å². The van der Waals surface area contributed by atoms with E-state index in [0.717, 1.165) is 6.42 Å². The van der Waals surface area contributed by atoms with Crippen molar-refractivity contribution >= 4 is 11.9 Å². The zero-order valence-corrected chi connectivity index (χ0v) is 13.6. The number of carbonyl (C=O) groups excluding carboxylic acids is 2. The van der Waals surface area contributed by atoms with Crippen LogP contribution >= 0.6 is 0 Å². The minimum absolute atomic E-state index is 0.00463. The Kier molecular flexibility index (Phi) is 6.74. The minimum Gasteiger partial charge on any atom is -0.420 e. The molecule has 1 rings (SSSR count). The van der Waals surface area contributed by atoms with Gasteiger partial charge >= 0.3 is 5.97 Å². The molecular formula is C16H19F4NO3. The number of nitrogens with one attached hydrogen (secondary N) is 1. The Balaban J connectivity index is 2.52. The SMILES string of the molecule is CC(C)(C)CCNC(=O)CCC(=O)Oc1c(F)c(F)cc(F)c1F. The maximum atomic E-state index is 13.3. The largest absolute Gasteiger partial charge is 0.420 e. The van der Waals surface area contributed by atoms with Crippen LogP contribution in [0, 0.1) is 28.7 Å². The first-order valence-corrected chi connectivity index (χ1v) is 7.31. The highest BCUT2D eigenvalue weighted by Crippen LogP contribution is 2.26. The molecule has 24 heavy (non-hydrogen) atoms. The Bertz CT molecular complexity index is 600. The monoisotopic (exact) mass is 349 g/mol. The summed E-state index contributed by atoms with van der Waals surface area (Å²) in [5, 5.41) is 2.58. The summed E-state index contributed by atoms with van der Waals surface area (Å²) in [6.45, 7) is 6.41. The molecule has 0 heterocycles. The molecular weight excluding hydrogens is 330 g/mol. The third-order valence-corrected chi connectivity index (χ3v) is 3.04. The summed E-state index contributed by atoms with van der Waals surface area (Å²) in [4.78, 5) is 23.0. The van der Waals surface area contributed by atoms with Gasteiger partial charge < -0.3 is 10.1 Å². The Labute approximate surface area is 137 Å². The topological polar surface area (TPSA) is 55.4 Å². The second kappa shape index (κ2) is 8.12. The Morgan fingerprint density at radius 1 is 1.04 bits per heavy atom. The number of esters is 1. The zero-order chi connectivity index (χ0) is 18.5. The van der Waals surface area contributed by atoms with Crippen LogP contribution in [0.1, 0.15) is 40.0 Å². The van der Waals surface area contributed by atoms with Gasteiger partial charge in [-0.2, -0.15) is 8.78 Å². The lowest BCUT2D eigenvalue weighted by molar-refractivity contribution is -0.136. The van der Waals surface area contributed by atoms with Crippen molar-refractivity contribution in [2.24, 2.45) is 5.41 Å². The van der Waals surface area contributed by atoms with Crippen molar-refractivity contribution < 1.29 is 31.9 Å². The van der Waals surface area contributed by atoms with Gasteiger partial charge in [0, 0.05) is 19.0 Å². The second-order valence-electron chi connectivity index (χ2n) is 6.43. The van der Waals surface area contributed by atoms with Gasteiger partial charge in [-0.3, -0.25) is 9.59 Å². The van der Waals surface area contributed by atoms with Crippen molar-refractivity contribution in [2.75, 3.05) is 6.54 Å². The fourth-order valence-electron chi connectivity index (χ4n) is 1.69. The first-order chi connectivity index (χ1) is 11.0. The number of amides is 1. The van der Waals surface area contributed by atoms with Crippen LogP contribution in [0.3, 0.4) is 0 Å². The summed E-state index contributed by atoms with van der Waals surface area (Å²) < 4.78 is 56.9. The molecule has 0 spiro atoms. The molecule has 4 nitrogen and oxygen atoms in total. The van der Waals surface area contributed by atoms with Crippen LogP contribution in [0.2, 0.25) is 0 Å². The molecule has 1 amide bonds. The van der Waals surface area contributed by atoms with E-state index in [4.69, 9.17) is 0 Å². The Morgan fingerprint density at radius 2 is 1.58 bits per heavy atom. The summed E-state index contributed by atoms with van der Waals surface area (Å²) in [5.41, 5.74) is 0.0305. The van der Waals surface area contributed by atoms with Crippen LogP contribution in [0.15, 0.2) is 6.07 Å². The molecule has 0 fully saturated rings. The smallest absolute Gasteiger partial charge is 0.311 e. The van der Waals surface area contributed by atoms with Crippen LogP contribution in [-0.4, -0.2) is 18.4 Å². The quantitative estimate of drug-likeness (QED) is 0.370. The lowest BCUT2D eigenvalue weighted by atomic mass is 9.92. The molecule has 0 aromatic heterocycles. The average Bonchev–Trinajstić information content (AvgIpc) is 2.46. The fraction of sp³-hybridized carbons (Fsp3) is 0.500. The summed E-state index contributed by atoms with van der Waals surface area (Å²) in [5.74, 6) is -10.1. The van der Waals surface area contributed by atoms with Gasteiger partial charge in [-0.25, -0.2) is 8.78 Å². The van der Waals surface area contributed by atoms with Gasteiger partial charge in [0.2, 0.25) is 23.3 Å². The Hall–Kier alpha value is -2.12. The van der Waals surface area contributed by atoms with Gasteiger partial charge in [-0.15, -0.1) is 0 Å². The molecule has 0 aliphatic rings. The maximum absolute atomic E-state index is 13.3. The standard InChI is InChI=1S/C16H19F4NO3/c1-16(2,3)6-7-21-11(22)4-5-12(23)24-15-13(19)9(17)8-10(18)14(15)20/h8H,4-7H2,1-3H3,(H,21,22). The lowest BCUT2D eigenvalue weighted by Crippen LogP contribution is -2.28. The predicted octanol–water partition coefficient (Wildman–Crippen LogP) is 3.48. The highest BCUT2D eigenvalue weighted by molar-refractivity contribution is 5.82. The molecule has 1 aromatic rings. The minimum atomic E-state index is -1.81. The molecule has 1 aromatic carbocycles. The van der Waals surface area contributed by atoms with Gasteiger partial charge in [0.15, 0.2) is 11.6 Å². The molecule has 8 heteroatoms. The van der Waals surface area contributed by atoms with Crippen molar-refractivity contribution in [3.8, 4) is 5.75 Å². The maximum Gasteiger partial charge on any atom is 0.311 e. The molecule has 0 atom stereocenters. The van der Waals surface area contributed by atoms with E-state index < -0.39 is 47.3 Å². The van der Waals surface area contributed by atoms with Crippen molar-refractivity contribution in [3.63, 3.8) is 0 Å². The van der Waals surface area contributed by atoms with Gasteiger partial charge in [-0.1, -0.05) is 20.8 Å². The summed E-state index contributed by atoms with van der Waals surface area (Å²) in [6.07, 6.45) is -0.0371.